The van der Waals surface area contributed by atoms with E-state index >= 15 is 8.78 Å². The van der Waals surface area contributed by atoms with Crippen LogP contribution in [0.2, 0.25) is 0 Å². The zero-order valence-corrected chi connectivity index (χ0v) is 21.5. The Morgan fingerprint density at radius 3 is 2.00 bits per heavy atom. The fourth-order valence-corrected chi connectivity index (χ4v) is 6.53. The zero-order valence-electron chi connectivity index (χ0n) is 21.5. The Morgan fingerprint density at radius 2 is 1.33 bits per heavy atom. The monoisotopic (exact) mass is 498 g/mol. The van der Waals surface area contributed by atoms with Crippen LogP contribution in [0.5, 0.6) is 0 Å². The van der Waals surface area contributed by atoms with E-state index in [4.69, 9.17) is 0 Å². The van der Waals surface area contributed by atoms with Gasteiger partial charge in [-0.1, -0.05) is 30.7 Å². The third-order valence-corrected chi connectivity index (χ3v) is 8.46. The number of benzene rings is 2. The van der Waals surface area contributed by atoms with Gasteiger partial charge in [-0.15, -0.1) is 0 Å². The van der Waals surface area contributed by atoms with Gasteiger partial charge < -0.3 is 0 Å². The molecule has 4 rings (SSSR count). The molecule has 194 valence electrons. The van der Waals surface area contributed by atoms with E-state index in [1.54, 1.807) is 0 Å². The van der Waals surface area contributed by atoms with Gasteiger partial charge >= 0.3 is 0 Å². The van der Waals surface area contributed by atoms with E-state index in [0.717, 1.165) is 49.7 Å². The molecule has 2 aliphatic rings. The second-order valence-corrected chi connectivity index (χ2v) is 10.7. The lowest BCUT2D eigenvalue weighted by Crippen LogP contribution is -2.30. The van der Waals surface area contributed by atoms with Crippen molar-refractivity contribution in [1.29, 1.82) is 0 Å². The minimum absolute atomic E-state index is 0.0532. The second kappa shape index (κ2) is 12.3. The van der Waals surface area contributed by atoms with E-state index in [2.05, 4.69) is 19.1 Å². The lowest BCUT2D eigenvalue weighted by molar-refractivity contribution is 0.115. The maximum Gasteiger partial charge on any atom is 0.134 e. The lowest BCUT2D eigenvalue weighted by atomic mass is 9.63. The van der Waals surface area contributed by atoms with Crippen molar-refractivity contribution in [3.63, 3.8) is 0 Å². The molecule has 2 aromatic carbocycles. The highest BCUT2D eigenvalue weighted by atomic mass is 19.1. The molecule has 2 saturated carbocycles. The zero-order chi connectivity index (χ0) is 25.7. The molecular formula is C32H38F4. The molecule has 2 aliphatic carbocycles. The molecule has 0 aromatic heterocycles. The minimum atomic E-state index is -0.767. The first-order valence-corrected chi connectivity index (χ1v) is 13.6. The summed E-state index contributed by atoms with van der Waals surface area (Å²) in [7, 11) is 0. The van der Waals surface area contributed by atoms with Crippen LogP contribution in [-0.2, 0) is 6.42 Å². The summed E-state index contributed by atoms with van der Waals surface area (Å²) in [6.07, 6.45) is 17.9. The first kappa shape index (κ1) is 26.7. The van der Waals surface area contributed by atoms with E-state index in [9.17, 15) is 8.78 Å². The molecule has 0 radical (unpaired) electrons. The number of fused-ring (bicyclic) bond motifs is 1. The van der Waals surface area contributed by atoms with Gasteiger partial charge in [0.05, 0.1) is 5.56 Å². The van der Waals surface area contributed by atoms with Crippen LogP contribution in [0, 0.1) is 41.0 Å². The quantitative estimate of drug-likeness (QED) is 0.251. The Hall–Kier alpha value is -2.36. The standard InChI is InChI=1S/C32H38F4/c1-3-5-7-9-21-11-12-23-16-24(14-13-22(23)15-21)25-17-30(35)32(31(36)18-25)26-19-28(33)27(29(34)20-26)10-8-6-4-2/h3-6,17-24H,7-16H2,1-2H3/b5-3+,6-4+. The first-order chi connectivity index (χ1) is 17.4. The molecule has 2 aromatic rings. The van der Waals surface area contributed by atoms with Gasteiger partial charge in [-0.25, -0.2) is 17.6 Å². The van der Waals surface area contributed by atoms with E-state index in [1.165, 1.54) is 37.8 Å². The van der Waals surface area contributed by atoms with Gasteiger partial charge in [0, 0.05) is 5.56 Å². The van der Waals surface area contributed by atoms with Gasteiger partial charge in [-0.3, -0.25) is 0 Å². The van der Waals surface area contributed by atoms with Crippen molar-refractivity contribution in [3.8, 4) is 11.1 Å². The maximum atomic E-state index is 15.2. The van der Waals surface area contributed by atoms with Crippen LogP contribution >= 0.6 is 0 Å². The molecule has 36 heavy (non-hydrogen) atoms. The van der Waals surface area contributed by atoms with Crippen LogP contribution in [0.3, 0.4) is 0 Å². The molecule has 0 nitrogen and oxygen atoms in total. The van der Waals surface area contributed by atoms with Crippen molar-refractivity contribution < 1.29 is 17.6 Å². The summed E-state index contributed by atoms with van der Waals surface area (Å²) in [4.78, 5) is 0. The van der Waals surface area contributed by atoms with E-state index in [0.29, 0.717) is 17.9 Å². The average molecular weight is 499 g/mol. The number of hydrogen-bond acceptors (Lipinski definition) is 0. The van der Waals surface area contributed by atoms with E-state index < -0.39 is 23.3 Å². The fraction of sp³-hybridized carbons (Fsp3) is 0.500. The summed E-state index contributed by atoms with van der Waals surface area (Å²) in [6.45, 7) is 3.91. The molecule has 0 spiro atoms. The molecule has 2 fully saturated rings. The second-order valence-electron chi connectivity index (χ2n) is 10.7. The molecule has 4 unspecified atom stereocenters. The van der Waals surface area contributed by atoms with Crippen LogP contribution in [0.1, 0.15) is 88.7 Å². The molecule has 0 bridgehead atoms. The summed E-state index contributed by atoms with van der Waals surface area (Å²) >= 11 is 0. The molecular weight excluding hydrogens is 460 g/mol. The van der Waals surface area contributed by atoms with E-state index in [-0.39, 0.29) is 29.0 Å². The Labute approximate surface area is 213 Å². The SMILES string of the molecule is C/C=C/CCc1c(F)cc(-c2c(F)cc(C3CCC4CC(CC/C=C/C)CCC4C3)cc2F)cc1F. The van der Waals surface area contributed by atoms with Crippen molar-refractivity contribution in [2.75, 3.05) is 0 Å². The highest BCUT2D eigenvalue weighted by Crippen LogP contribution is 2.49. The van der Waals surface area contributed by atoms with Gasteiger partial charge in [0.2, 0.25) is 0 Å². The number of halogens is 4. The highest BCUT2D eigenvalue weighted by Gasteiger charge is 2.36. The van der Waals surface area contributed by atoms with Crippen LogP contribution in [0.4, 0.5) is 17.6 Å². The van der Waals surface area contributed by atoms with Crippen LogP contribution in [0.25, 0.3) is 11.1 Å². The Kier molecular flexibility index (Phi) is 9.09. The van der Waals surface area contributed by atoms with Gasteiger partial charge in [-0.05, 0) is 131 Å². The summed E-state index contributed by atoms with van der Waals surface area (Å²) in [5.74, 6) is -0.771. The van der Waals surface area contributed by atoms with Crippen LogP contribution in [-0.4, -0.2) is 0 Å². The predicted molar refractivity (Wildman–Crippen MR) is 140 cm³/mol. The Balaban J connectivity index is 1.47. The smallest absolute Gasteiger partial charge is 0.134 e. The predicted octanol–water partition coefficient (Wildman–Crippen LogP) is 10.1. The van der Waals surface area contributed by atoms with Crippen molar-refractivity contribution in [1.82, 2.24) is 0 Å². The number of rotatable bonds is 8. The molecule has 0 heterocycles. The molecule has 0 amide bonds. The maximum absolute atomic E-state index is 15.2. The Bertz CT molecular complexity index is 1050. The summed E-state index contributed by atoms with van der Waals surface area (Å²) in [6, 6.07) is 4.88. The topological polar surface area (TPSA) is 0 Å². The van der Waals surface area contributed by atoms with Crippen molar-refractivity contribution >= 4 is 0 Å². The minimum Gasteiger partial charge on any atom is -0.207 e. The summed E-state index contributed by atoms with van der Waals surface area (Å²) in [5, 5.41) is 0. The molecule has 0 N–H and O–H groups in total. The van der Waals surface area contributed by atoms with Crippen molar-refractivity contribution in [2.45, 2.75) is 84.0 Å². The van der Waals surface area contributed by atoms with E-state index in [1.807, 2.05) is 19.1 Å². The third-order valence-electron chi connectivity index (χ3n) is 8.46. The van der Waals surface area contributed by atoms with Crippen LogP contribution < -0.4 is 0 Å². The number of hydrogen-bond donors (Lipinski definition) is 0. The number of allylic oxidation sites excluding steroid dienone is 4. The van der Waals surface area contributed by atoms with Gasteiger partial charge in [-0.2, -0.15) is 0 Å². The summed E-state index contributed by atoms with van der Waals surface area (Å²) < 4.78 is 59.6. The van der Waals surface area contributed by atoms with Crippen LogP contribution in [0.15, 0.2) is 48.6 Å². The lowest BCUT2D eigenvalue weighted by Gasteiger charge is -2.42. The first-order valence-electron chi connectivity index (χ1n) is 13.6. The largest absolute Gasteiger partial charge is 0.207 e. The van der Waals surface area contributed by atoms with Crippen molar-refractivity contribution in [2.24, 2.45) is 17.8 Å². The van der Waals surface area contributed by atoms with Gasteiger partial charge in [0.25, 0.3) is 0 Å². The van der Waals surface area contributed by atoms with Gasteiger partial charge in [0.15, 0.2) is 0 Å². The molecule has 0 aliphatic heterocycles. The fourth-order valence-electron chi connectivity index (χ4n) is 6.53. The van der Waals surface area contributed by atoms with Gasteiger partial charge in [0.1, 0.15) is 23.3 Å². The summed E-state index contributed by atoms with van der Waals surface area (Å²) in [5.41, 5.74) is 0.169. The molecule has 0 saturated heterocycles. The normalized spacial score (nSPS) is 24.5. The average Bonchev–Trinajstić information content (AvgIpc) is 2.85. The third kappa shape index (κ3) is 6.12. The molecule has 4 atom stereocenters. The molecule has 4 heteroatoms. The van der Waals surface area contributed by atoms with Crippen molar-refractivity contribution in [3.05, 3.63) is 83.0 Å². The highest BCUT2D eigenvalue weighted by molar-refractivity contribution is 5.66. The Morgan fingerprint density at radius 1 is 0.722 bits per heavy atom.